The lowest BCUT2D eigenvalue weighted by molar-refractivity contribution is -0.124. The van der Waals surface area contributed by atoms with E-state index < -0.39 is 12.1 Å². The summed E-state index contributed by atoms with van der Waals surface area (Å²) >= 11 is 1.32. The zero-order valence-corrected chi connectivity index (χ0v) is 17.7. The van der Waals surface area contributed by atoms with Crippen LogP contribution in [0.4, 0.5) is 5.69 Å². The number of nitrogens with zero attached hydrogens (tertiary/aromatic N) is 1. The van der Waals surface area contributed by atoms with Gasteiger partial charge in [0.2, 0.25) is 5.91 Å². The summed E-state index contributed by atoms with van der Waals surface area (Å²) in [5.41, 5.74) is 1.79. The first-order valence-electron chi connectivity index (χ1n) is 10.4. The molecule has 29 heavy (non-hydrogen) atoms. The normalized spacial score (nSPS) is 17.2. The number of β-lactam (4-membered cyclic amide) rings is 1. The van der Waals surface area contributed by atoms with Gasteiger partial charge in [-0.15, -0.1) is 11.3 Å². The van der Waals surface area contributed by atoms with E-state index in [9.17, 15) is 14.7 Å². The Kier molecular flexibility index (Phi) is 7.45. The number of aromatic carboxylic acids is 1. The molecule has 3 rings (SSSR count). The van der Waals surface area contributed by atoms with E-state index in [4.69, 9.17) is 5.11 Å². The van der Waals surface area contributed by atoms with E-state index in [2.05, 4.69) is 6.92 Å². The second kappa shape index (κ2) is 10.0. The van der Waals surface area contributed by atoms with Gasteiger partial charge in [0.25, 0.3) is 0 Å². The number of rotatable bonds is 11. The van der Waals surface area contributed by atoms with Crippen molar-refractivity contribution >= 4 is 28.9 Å². The summed E-state index contributed by atoms with van der Waals surface area (Å²) in [5.74, 6) is -0.744. The smallest absolute Gasteiger partial charge is 0.345 e. The van der Waals surface area contributed by atoms with Crippen molar-refractivity contribution in [2.75, 3.05) is 4.90 Å². The first-order chi connectivity index (χ1) is 14.0. The number of aryl methyl sites for hydroxylation is 1. The third-order valence-corrected chi connectivity index (χ3v) is 6.65. The van der Waals surface area contributed by atoms with Crippen molar-refractivity contribution in [2.24, 2.45) is 0 Å². The number of aliphatic hydroxyl groups excluding tert-OH is 1. The number of anilines is 1. The second-order valence-corrected chi connectivity index (χ2v) is 8.86. The number of amides is 1. The molecule has 1 aliphatic rings. The molecule has 2 heterocycles. The van der Waals surface area contributed by atoms with Gasteiger partial charge in [0.05, 0.1) is 6.10 Å². The summed E-state index contributed by atoms with van der Waals surface area (Å²) in [6, 6.07) is 11.4. The lowest BCUT2D eigenvalue weighted by Crippen LogP contribution is -2.52. The molecule has 0 radical (unpaired) electrons. The fraction of sp³-hybridized carbons (Fsp3) is 0.478. The predicted octanol–water partition coefficient (Wildman–Crippen LogP) is 5.19. The van der Waals surface area contributed by atoms with E-state index >= 15 is 0 Å². The molecule has 0 spiro atoms. The molecule has 5 nitrogen and oxygen atoms in total. The number of carbonyl (C=O) groups is 2. The number of benzene rings is 1. The number of thiophene rings is 1. The molecule has 1 aliphatic heterocycles. The number of carboxylic acids is 1. The van der Waals surface area contributed by atoms with Gasteiger partial charge in [0, 0.05) is 23.0 Å². The summed E-state index contributed by atoms with van der Waals surface area (Å²) in [6.07, 6.45) is 6.82. The van der Waals surface area contributed by atoms with Crippen LogP contribution in [0.3, 0.4) is 0 Å². The maximum Gasteiger partial charge on any atom is 0.345 e. The molecule has 1 saturated heterocycles. The standard InChI is InChI=1S/C23H29NO4S/c1-2-3-4-8-20(25)16-9-11-17(12-10-16)24-18(15-22(24)26)6-5-7-19-13-14-21(29-19)23(27)28/h9-14,18,20,25H,2-8,15H2,1H3,(H,27,28)/t18-,20+/m0/s1. The lowest BCUT2D eigenvalue weighted by Gasteiger charge is -2.40. The molecular formula is C23H29NO4S. The third-order valence-electron chi connectivity index (χ3n) is 5.51. The summed E-state index contributed by atoms with van der Waals surface area (Å²) in [7, 11) is 0. The average molecular weight is 416 g/mol. The molecule has 156 valence electrons. The van der Waals surface area contributed by atoms with Crippen LogP contribution in [0.15, 0.2) is 36.4 Å². The molecule has 0 bridgehead atoms. The Labute approximate surface area is 176 Å². The van der Waals surface area contributed by atoms with Crippen molar-refractivity contribution in [1.29, 1.82) is 0 Å². The Morgan fingerprint density at radius 3 is 2.55 bits per heavy atom. The SMILES string of the molecule is CCCCC[C@@H](O)c1ccc(N2C(=O)C[C@@H]2CCCc2ccc(C(=O)O)s2)cc1. The molecule has 2 atom stereocenters. The van der Waals surface area contributed by atoms with Crippen LogP contribution in [0.25, 0.3) is 0 Å². The minimum atomic E-state index is -0.879. The lowest BCUT2D eigenvalue weighted by atomic mass is 9.94. The highest BCUT2D eigenvalue weighted by molar-refractivity contribution is 7.13. The van der Waals surface area contributed by atoms with Gasteiger partial charge in [-0.05, 0) is 55.5 Å². The van der Waals surface area contributed by atoms with E-state index in [1.165, 1.54) is 11.3 Å². The molecule has 1 fully saturated rings. The fourth-order valence-corrected chi connectivity index (χ4v) is 4.71. The number of aliphatic hydroxyl groups is 1. The Morgan fingerprint density at radius 2 is 1.93 bits per heavy atom. The summed E-state index contributed by atoms with van der Waals surface area (Å²) in [6.45, 7) is 2.15. The van der Waals surface area contributed by atoms with Crippen LogP contribution < -0.4 is 4.90 Å². The molecule has 2 aromatic rings. The van der Waals surface area contributed by atoms with E-state index in [0.717, 1.165) is 61.1 Å². The number of unbranched alkanes of at least 4 members (excludes halogenated alkanes) is 2. The van der Waals surface area contributed by atoms with Crippen molar-refractivity contribution < 1.29 is 19.8 Å². The second-order valence-electron chi connectivity index (χ2n) is 7.69. The third kappa shape index (κ3) is 5.46. The Morgan fingerprint density at radius 1 is 1.17 bits per heavy atom. The molecule has 0 unspecified atom stereocenters. The highest BCUT2D eigenvalue weighted by Gasteiger charge is 2.36. The highest BCUT2D eigenvalue weighted by atomic mass is 32.1. The minimum absolute atomic E-state index is 0.135. The van der Waals surface area contributed by atoms with E-state index in [0.29, 0.717) is 11.3 Å². The number of hydrogen-bond acceptors (Lipinski definition) is 4. The average Bonchev–Trinajstić information content (AvgIpc) is 3.17. The van der Waals surface area contributed by atoms with Crippen LogP contribution in [0, 0.1) is 0 Å². The Balaban J connectivity index is 1.51. The van der Waals surface area contributed by atoms with Crippen molar-refractivity contribution in [3.05, 3.63) is 51.7 Å². The van der Waals surface area contributed by atoms with Crippen molar-refractivity contribution in [1.82, 2.24) is 0 Å². The quantitative estimate of drug-likeness (QED) is 0.391. The van der Waals surface area contributed by atoms with Crippen LogP contribution in [0.2, 0.25) is 0 Å². The fourth-order valence-electron chi connectivity index (χ4n) is 3.82. The molecule has 0 saturated carbocycles. The van der Waals surface area contributed by atoms with Crippen LogP contribution in [0.5, 0.6) is 0 Å². The monoisotopic (exact) mass is 415 g/mol. The topological polar surface area (TPSA) is 77.8 Å². The van der Waals surface area contributed by atoms with E-state index in [-0.39, 0.29) is 11.9 Å². The van der Waals surface area contributed by atoms with Crippen LogP contribution in [0.1, 0.15) is 78.1 Å². The predicted molar refractivity (Wildman–Crippen MR) is 116 cm³/mol. The largest absolute Gasteiger partial charge is 0.477 e. The zero-order valence-electron chi connectivity index (χ0n) is 16.8. The molecule has 6 heteroatoms. The van der Waals surface area contributed by atoms with Crippen LogP contribution in [-0.2, 0) is 11.2 Å². The summed E-state index contributed by atoms with van der Waals surface area (Å²) < 4.78 is 0. The van der Waals surface area contributed by atoms with Gasteiger partial charge in [0.15, 0.2) is 0 Å². The van der Waals surface area contributed by atoms with E-state index in [1.807, 2.05) is 35.2 Å². The molecule has 1 amide bonds. The first-order valence-corrected chi connectivity index (χ1v) is 11.2. The number of hydrogen-bond donors (Lipinski definition) is 2. The minimum Gasteiger partial charge on any atom is -0.477 e. The highest BCUT2D eigenvalue weighted by Crippen LogP contribution is 2.32. The molecule has 1 aromatic heterocycles. The van der Waals surface area contributed by atoms with Gasteiger partial charge >= 0.3 is 5.97 Å². The van der Waals surface area contributed by atoms with Gasteiger partial charge in [-0.25, -0.2) is 4.79 Å². The molecule has 2 N–H and O–H groups in total. The van der Waals surface area contributed by atoms with Gasteiger partial charge < -0.3 is 15.1 Å². The van der Waals surface area contributed by atoms with Crippen molar-refractivity contribution in [3.63, 3.8) is 0 Å². The van der Waals surface area contributed by atoms with Crippen LogP contribution in [-0.4, -0.2) is 28.1 Å². The van der Waals surface area contributed by atoms with Gasteiger partial charge in [-0.1, -0.05) is 38.3 Å². The Bertz CT molecular complexity index is 830. The van der Waals surface area contributed by atoms with Crippen molar-refractivity contribution in [2.45, 2.75) is 70.4 Å². The summed E-state index contributed by atoms with van der Waals surface area (Å²) in [5, 5.41) is 19.3. The first kappa shape index (κ1) is 21.5. The molecule has 1 aromatic carbocycles. The maximum atomic E-state index is 12.2. The van der Waals surface area contributed by atoms with E-state index in [1.54, 1.807) is 6.07 Å². The van der Waals surface area contributed by atoms with Crippen LogP contribution >= 0.6 is 11.3 Å². The van der Waals surface area contributed by atoms with Crippen molar-refractivity contribution in [3.8, 4) is 0 Å². The number of carboxylic acid groups (broad SMARTS) is 1. The molecular weight excluding hydrogens is 386 g/mol. The zero-order chi connectivity index (χ0) is 20.8. The maximum absolute atomic E-state index is 12.2. The number of carbonyl (C=O) groups excluding carboxylic acids is 1. The van der Waals surface area contributed by atoms with Gasteiger partial charge in [-0.3, -0.25) is 4.79 Å². The Hall–Kier alpha value is -2.18. The van der Waals surface area contributed by atoms with Gasteiger partial charge in [0.1, 0.15) is 4.88 Å². The molecule has 0 aliphatic carbocycles. The van der Waals surface area contributed by atoms with Gasteiger partial charge in [-0.2, -0.15) is 0 Å². The summed E-state index contributed by atoms with van der Waals surface area (Å²) in [4.78, 5) is 26.4.